The first-order chi connectivity index (χ1) is 10.2. The van der Waals surface area contributed by atoms with Crippen LogP contribution in [-0.2, 0) is 11.3 Å². The monoisotopic (exact) mass is 292 g/mol. The first-order valence-electron chi connectivity index (χ1n) is 7.96. The number of aromatic nitrogens is 2. The average molecular weight is 292 g/mol. The molecule has 21 heavy (non-hydrogen) atoms. The number of carbonyl (C=O) groups is 1. The summed E-state index contributed by atoms with van der Waals surface area (Å²) in [7, 11) is 0. The van der Waals surface area contributed by atoms with Gasteiger partial charge in [-0.25, -0.2) is 4.79 Å². The second-order valence-electron chi connectivity index (χ2n) is 6.08. The molecule has 6 nitrogen and oxygen atoms in total. The van der Waals surface area contributed by atoms with Crippen molar-refractivity contribution in [3.8, 4) is 0 Å². The Bertz CT molecular complexity index is 482. The third kappa shape index (κ3) is 3.97. The molecule has 1 aromatic heterocycles. The van der Waals surface area contributed by atoms with Gasteiger partial charge in [0.15, 0.2) is 0 Å². The lowest BCUT2D eigenvalue weighted by atomic mass is 10.2. The van der Waals surface area contributed by atoms with Gasteiger partial charge in [0.05, 0.1) is 24.5 Å². The fourth-order valence-electron chi connectivity index (χ4n) is 2.97. The number of hydrogen-bond acceptors (Lipinski definition) is 3. The van der Waals surface area contributed by atoms with Crippen LogP contribution in [0.25, 0.3) is 0 Å². The molecule has 2 aliphatic rings. The summed E-state index contributed by atoms with van der Waals surface area (Å²) < 4.78 is 7.42. The van der Waals surface area contributed by atoms with Crippen molar-refractivity contribution < 1.29 is 9.53 Å². The third-order valence-corrected chi connectivity index (χ3v) is 4.20. The van der Waals surface area contributed by atoms with Crippen LogP contribution in [0.3, 0.4) is 0 Å². The number of nitrogens with zero attached hydrogens (tertiary/aromatic N) is 2. The molecule has 0 aromatic carbocycles. The first kappa shape index (κ1) is 14.4. The Morgan fingerprint density at radius 1 is 1.57 bits per heavy atom. The maximum atomic E-state index is 11.9. The van der Waals surface area contributed by atoms with E-state index in [9.17, 15) is 4.79 Å². The molecule has 1 aromatic rings. The van der Waals surface area contributed by atoms with E-state index in [1.54, 1.807) is 6.20 Å². The van der Waals surface area contributed by atoms with Crippen LogP contribution in [0.5, 0.6) is 0 Å². The zero-order chi connectivity index (χ0) is 14.7. The molecule has 3 unspecified atom stereocenters. The van der Waals surface area contributed by atoms with Gasteiger partial charge in [0, 0.05) is 18.8 Å². The SMILES string of the molecule is CCCC1CC1NC(=O)Nc1cnn(CC2CCCO2)c1. The molecule has 1 aliphatic heterocycles. The van der Waals surface area contributed by atoms with Crippen molar-refractivity contribution in [1.29, 1.82) is 0 Å². The Labute approximate surface area is 125 Å². The lowest BCUT2D eigenvalue weighted by Crippen LogP contribution is -2.31. The van der Waals surface area contributed by atoms with Crippen molar-refractivity contribution >= 4 is 11.7 Å². The van der Waals surface area contributed by atoms with Gasteiger partial charge in [0.1, 0.15) is 0 Å². The predicted octanol–water partition coefficient (Wildman–Crippen LogP) is 2.37. The van der Waals surface area contributed by atoms with Crippen molar-refractivity contribution in [2.45, 2.75) is 57.7 Å². The lowest BCUT2D eigenvalue weighted by Gasteiger charge is -2.08. The van der Waals surface area contributed by atoms with Gasteiger partial charge >= 0.3 is 6.03 Å². The molecule has 3 rings (SSSR count). The number of ether oxygens (including phenoxy) is 1. The van der Waals surface area contributed by atoms with E-state index < -0.39 is 0 Å². The van der Waals surface area contributed by atoms with Crippen molar-refractivity contribution in [2.24, 2.45) is 5.92 Å². The Morgan fingerprint density at radius 2 is 2.48 bits per heavy atom. The number of amides is 2. The molecule has 2 heterocycles. The maximum absolute atomic E-state index is 11.9. The van der Waals surface area contributed by atoms with E-state index >= 15 is 0 Å². The molecule has 1 saturated heterocycles. The Balaban J connectivity index is 1.42. The highest BCUT2D eigenvalue weighted by molar-refractivity contribution is 5.89. The van der Waals surface area contributed by atoms with Crippen molar-refractivity contribution in [3.63, 3.8) is 0 Å². The highest BCUT2D eigenvalue weighted by Gasteiger charge is 2.37. The highest BCUT2D eigenvalue weighted by Crippen LogP contribution is 2.34. The summed E-state index contributed by atoms with van der Waals surface area (Å²) in [4.78, 5) is 11.9. The summed E-state index contributed by atoms with van der Waals surface area (Å²) >= 11 is 0. The summed E-state index contributed by atoms with van der Waals surface area (Å²) in [6.45, 7) is 3.78. The summed E-state index contributed by atoms with van der Waals surface area (Å²) in [5.41, 5.74) is 0.734. The minimum atomic E-state index is -0.129. The maximum Gasteiger partial charge on any atom is 0.319 e. The van der Waals surface area contributed by atoms with Gasteiger partial charge in [-0.3, -0.25) is 4.68 Å². The van der Waals surface area contributed by atoms with E-state index in [-0.39, 0.29) is 12.1 Å². The van der Waals surface area contributed by atoms with Crippen LogP contribution >= 0.6 is 0 Å². The summed E-state index contributed by atoms with van der Waals surface area (Å²) in [5, 5.41) is 10.1. The van der Waals surface area contributed by atoms with Crippen molar-refractivity contribution in [3.05, 3.63) is 12.4 Å². The Kier molecular flexibility index (Phi) is 4.43. The van der Waals surface area contributed by atoms with Crippen LogP contribution in [0.15, 0.2) is 12.4 Å². The van der Waals surface area contributed by atoms with Gasteiger partial charge in [-0.15, -0.1) is 0 Å². The number of nitrogens with one attached hydrogen (secondary N) is 2. The molecule has 6 heteroatoms. The largest absolute Gasteiger partial charge is 0.376 e. The van der Waals surface area contributed by atoms with Gasteiger partial charge < -0.3 is 15.4 Å². The van der Waals surface area contributed by atoms with E-state index in [0.29, 0.717) is 12.0 Å². The molecule has 2 amide bonds. The number of urea groups is 1. The zero-order valence-corrected chi connectivity index (χ0v) is 12.5. The van der Waals surface area contributed by atoms with E-state index in [1.807, 2.05) is 10.9 Å². The van der Waals surface area contributed by atoms with E-state index in [1.165, 1.54) is 12.8 Å². The molecule has 0 bridgehead atoms. The second-order valence-corrected chi connectivity index (χ2v) is 6.08. The van der Waals surface area contributed by atoms with Crippen LogP contribution < -0.4 is 10.6 Å². The minimum absolute atomic E-state index is 0.129. The predicted molar refractivity (Wildman–Crippen MR) is 80.2 cm³/mol. The molecular weight excluding hydrogens is 268 g/mol. The van der Waals surface area contributed by atoms with Gasteiger partial charge in [-0.05, 0) is 31.6 Å². The van der Waals surface area contributed by atoms with Gasteiger partial charge in [-0.2, -0.15) is 5.10 Å². The quantitative estimate of drug-likeness (QED) is 0.846. The van der Waals surface area contributed by atoms with Gasteiger partial charge in [-0.1, -0.05) is 13.3 Å². The number of hydrogen-bond donors (Lipinski definition) is 2. The average Bonchev–Trinajstić information content (AvgIpc) is 2.87. The van der Waals surface area contributed by atoms with Gasteiger partial charge in [0.2, 0.25) is 0 Å². The van der Waals surface area contributed by atoms with Crippen molar-refractivity contribution in [2.75, 3.05) is 11.9 Å². The van der Waals surface area contributed by atoms with Crippen LogP contribution in [0.4, 0.5) is 10.5 Å². The van der Waals surface area contributed by atoms with Crippen molar-refractivity contribution in [1.82, 2.24) is 15.1 Å². The van der Waals surface area contributed by atoms with Crippen LogP contribution in [0.2, 0.25) is 0 Å². The number of rotatable bonds is 6. The lowest BCUT2D eigenvalue weighted by molar-refractivity contribution is 0.0940. The first-order valence-corrected chi connectivity index (χ1v) is 7.96. The second kappa shape index (κ2) is 6.47. The molecule has 1 aliphatic carbocycles. The highest BCUT2D eigenvalue weighted by atomic mass is 16.5. The van der Waals surface area contributed by atoms with E-state index in [2.05, 4.69) is 22.7 Å². The molecule has 1 saturated carbocycles. The van der Waals surface area contributed by atoms with Crippen LogP contribution in [0, 0.1) is 5.92 Å². The van der Waals surface area contributed by atoms with Crippen LogP contribution in [-0.4, -0.2) is 34.6 Å². The topological polar surface area (TPSA) is 68.2 Å². The number of anilines is 1. The summed E-state index contributed by atoms with van der Waals surface area (Å²) in [5.74, 6) is 0.669. The summed E-state index contributed by atoms with van der Waals surface area (Å²) in [6, 6.07) is 0.224. The van der Waals surface area contributed by atoms with E-state index in [4.69, 9.17) is 4.74 Å². The molecule has 2 N–H and O–H groups in total. The molecule has 2 fully saturated rings. The fourth-order valence-corrected chi connectivity index (χ4v) is 2.97. The molecule has 0 spiro atoms. The third-order valence-electron chi connectivity index (χ3n) is 4.20. The minimum Gasteiger partial charge on any atom is -0.376 e. The normalized spacial score (nSPS) is 27.6. The molecular formula is C15H24N4O2. The summed E-state index contributed by atoms with van der Waals surface area (Å²) in [6.07, 6.45) is 9.50. The van der Waals surface area contributed by atoms with Gasteiger partial charge in [0.25, 0.3) is 0 Å². The van der Waals surface area contributed by atoms with E-state index in [0.717, 1.165) is 38.1 Å². The zero-order valence-electron chi connectivity index (χ0n) is 12.5. The Hall–Kier alpha value is -1.56. The molecule has 116 valence electrons. The van der Waals surface area contributed by atoms with Crippen LogP contribution in [0.1, 0.15) is 39.0 Å². The fraction of sp³-hybridized carbons (Fsp3) is 0.733. The standard InChI is InChI=1S/C15H24N4O2/c1-2-4-11-7-14(11)18-15(20)17-12-8-16-19(9-12)10-13-5-3-6-21-13/h8-9,11,13-14H,2-7,10H2,1H3,(H2,17,18,20). The Morgan fingerprint density at radius 3 is 3.24 bits per heavy atom. The molecule has 0 radical (unpaired) electrons. The molecule has 3 atom stereocenters. The smallest absolute Gasteiger partial charge is 0.319 e. The number of carbonyl (C=O) groups excluding carboxylic acids is 1.